The number of hydrogen-bond donors (Lipinski definition) is 0. The summed E-state index contributed by atoms with van der Waals surface area (Å²) in [6, 6.07) is 0. The highest BCUT2D eigenvalue weighted by Gasteiger charge is 2.02. The van der Waals surface area contributed by atoms with Crippen LogP contribution in [0.15, 0.2) is 0 Å². The van der Waals surface area contributed by atoms with E-state index < -0.39 is 0 Å². The first kappa shape index (κ1) is 23.5. The van der Waals surface area contributed by atoms with Gasteiger partial charge in [-0.1, -0.05) is 90.4 Å². The lowest BCUT2D eigenvalue weighted by atomic mass is 10.0. The van der Waals surface area contributed by atoms with Crippen LogP contribution in [0.5, 0.6) is 0 Å². The van der Waals surface area contributed by atoms with Gasteiger partial charge in [-0.15, -0.1) is 23.2 Å². The van der Waals surface area contributed by atoms with E-state index in [1.165, 1.54) is 89.9 Å². The van der Waals surface area contributed by atoms with Gasteiger partial charge in [0.25, 0.3) is 0 Å². The Hall–Kier alpha value is 0.540. The van der Waals surface area contributed by atoms with Crippen molar-refractivity contribution < 1.29 is 0 Å². The minimum Gasteiger partial charge on any atom is -0.301 e. The lowest BCUT2D eigenvalue weighted by Crippen LogP contribution is -2.28. The molecular formula is C20H41Cl2N. The third kappa shape index (κ3) is 18.7. The number of nitrogens with zero attached hydrogens (tertiary/aromatic N) is 1. The summed E-state index contributed by atoms with van der Waals surface area (Å²) in [5.41, 5.74) is 0. The summed E-state index contributed by atoms with van der Waals surface area (Å²) >= 11 is 11.6. The zero-order valence-electron chi connectivity index (χ0n) is 15.6. The molecule has 0 rings (SSSR count). The molecule has 0 aromatic carbocycles. The van der Waals surface area contributed by atoms with Crippen LogP contribution in [0.2, 0.25) is 0 Å². The molecule has 0 aliphatic rings. The van der Waals surface area contributed by atoms with E-state index >= 15 is 0 Å². The fourth-order valence-corrected chi connectivity index (χ4v) is 3.58. The molecule has 0 heterocycles. The van der Waals surface area contributed by atoms with Crippen LogP contribution in [-0.4, -0.2) is 36.3 Å². The van der Waals surface area contributed by atoms with Gasteiger partial charge in [0.05, 0.1) is 0 Å². The van der Waals surface area contributed by atoms with Crippen LogP contribution in [0.4, 0.5) is 0 Å². The standard InChI is InChI=1S/C20H41Cl2N/c1-2-3-4-5-6-7-8-9-10-11-12-13-14-15-18-23(19-16-21)20-17-22/h2-20H2,1H3. The Labute approximate surface area is 156 Å². The van der Waals surface area contributed by atoms with Crippen LogP contribution in [0.1, 0.15) is 96.8 Å². The van der Waals surface area contributed by atoms with Gasteiger partial charge in [-0.05, 0) is 13.0 Å². The number of hydrogen-bond acceptors (Lipinski definition) is 1. The van der Waals surface area contributed by atoms with Crippen molar-refractivity contribution in [2.45, 2.75) is 96.8 Å². The van der Waals surface area contributed by atoms with Crippen molar-refractivity contribution in [2.24, 2.45) is 0 Å². The van der Waals surface area contributed by atoms with E-state index in [0.717, 1.165) is 31.4 Å². The molecule has 0 bridgehead atoms. The van der Waals surface area contributed by atoms with Crippen LogP contribution in [0.3, 0.4) is 0 Å². The highest BCUT2D eigenvalue weighted by Crippen LogP contribution is 2.13. The van der Waals surface area contributed by atoms with Gasteiger partial charge in [-0.3, -0.25) is 0 Å². The monoisotopic (exact) mass is 365 g/mol. The molecule has 0 amide bonds. The summed E-state index contributed by atoms with van der Waals surface area (Å²) in [5.74, 6) is 1.44. The second kappa shape index (κ2) is 20.6. The molecule has 0 aliphatic carbocycles. The second-order valence-electron chi connectivity index (χ2n) is 6.82. The molecule has 0 spiro atoms. The summed E-state index contributed by atoms with van der Waals surface area (Å²) in [4.78, 5) is 2.39. The van der Waals surface area contributed by atoms with Crippen LogP contribution < -0.4 is 0 Å². The minimum atomic E-state index is 0.718. The molecule has 0 aliphatic heterocycles. The van der Waals surface area contributed by atoms with Crippen molar-refractivity contribution in [3.05, 3.63) is 0 Å². The van der Waals surface area contributed by atoms with E-state index in [0.29, 0.717) is 0 Å². The summed E-state index contributed by atoms with van der Waals surface area (Å²) in [7, 11) is 0. The van der Waals surface area contributed by atoms with Gasteiger partial charge < -0.3 is 4.90 Å². The van der Waals surface area contributed by atoms with Gasteiger partial charge in [-0.25, -0.2) is 0 Å². The molecule has 0 aromatic rings. The molecule has 0 saturated carbocycles. The Morgan fingerprint density at radius 2 is 0.826 bits per heavy atom. The van der Waals surface area contributed by atoms with Crippen molar-refractivity contribution in [3.63, 3.8) is 0 Å². The maximum Gasteiger partial charge on any atom is 0.0351 e. The molecule has 140 valence electrons. The van der Waals surface area contributed by atoms with Crippen LogP contribution in [-0.2, 0) is 0 Å². The predicted molar refractivity (Wildman–Crippen MR) is 108 cm³/mol. The number of alkyl halides is 2. The van der Waals surface area contributed by atoms with Gasteiger partial charge in [-0.2, -0.15) is 0 Å². The molecular weight excluding hydrogens is 325 g/mol. The van der Waals surface area contributed by atoms with E-state index in [9.17, 15) is 0 Å². The number of rotatable bonds is 19. The Morgan fingerprint density at radius 3 is 1.17 bits per heavy atom. The Balaban J connectivity index is 3.15. The van der Waals surface area contributed by atoms with E-state index in [4.69, 9.17) is 23.2 Å². The Kier molecular flexibility index (Phi) is 21.1. The Bertz CT molecular complexity index is 206. The third-order valence-electron chi connectivity index (χ3n) is 4.63. The molecule has 0 radical (unpaired) electrons. The topological polar surface area (TPSA) is 3.24 Å². The average molecular weight is 366 g/mol. The molecule has 0 fully saturated rings. The fourth-order valence-electron chi connectivity index (χ4n) is 3.10. The van der Waals surface area contributed by atoms with Crippen LogP contribution in [0.25, 0.3) is 0 Å². The molecule has 0 saturated heterocycles. The first-order valence-corrected chi connectivity index (χ1v) is 11.3. The smallest absolute Gasteiger partial charge is 0.0351 e. The van der Waals surface area contributed by atoms with Crippen LogP contribution >= 0.6 is 23.2 Å². The minimum absolute atomic E-state index is 0.718. The van der Waals surface area contributed by atoms with Crippen molar-refractivity contribution >= 4 is 23.2 Å². The highest BCUT2D eigenvalue weighted by molar-refractivity contribution is 6.18. The first-order valence-electron chi connectivity index (χ1n) is 10.2. The SMILES string of the molecule is CCCCCCCCCCCCCCCCN(CCCl)CCCl. The van der Waals surface area contributed by atoms with Crippen molar-refractivity contribution in [3.8, 4) is 0 Å². The normalized spacial score (nSPS) is 11.5. The first-order chi connectivity index (χ1) is 11.3. The van der Waals surface area contributed by atoms with E-state index in [1.807, 2.05) is 0 Å². The molecule has 0 atom stereocenters. The summed E-state index contributed by atoms with van der Waals surface area (Å²) < 4.78 is 0. The molecule has 0 unspecified atom stereocenters. The number of halogens is 2. The highest BCUT2D eigenvalue weighted by atomic mass is 35.5. The molecule has 0 N–H and O–H groups in total. The Morgan fingerprint density at radius 1 is 0.478 bits per heavy atom. The lowest BCUT2D eigenvalue weighted by Gasteiger charge is -2.19. The maximum absolute atomic E-state index is 5.81. The van der Waals surface area contributed by atoms with Crippen molar-refractivity contribution in [1.29, 1.82) is 0 Å². The zero-order valence-corrected chi connectivity index (χ0v) is 17.2. The molecule has 23 heavy (non-hydrogen) atoms. The summed E-state index contributed by atoms with van der Waals surface area (Å²) in [5, 5.41) is 0. The largest absolute Gasteiger partial charge is 0.301 e. The van der Waals surface area contributed by atoms with Gasteiger partial charge in [0.1, 0.15) is 0 Å². The van der Waals surface area contributed by atoms with E-state index in [2.05, 4.69) is 11.8 Å². The molecule has 0 aromatic heterocycles. The fraction of sp³-hybridized carbons (Fsp3) is 1.00. The quantitative estimate of drug-likeness (QED) is 0.172. The van der Waals surface area contributed by atoms with Gasteiger partial charge in [0.2, 0.25) is 0 Å². The molecule has 1 nitrogen and oxygen atoms in total. The van der Waals surface area contributed by atoms with Crippen LogP contribution in [0, 0.1) is 0 Å². The zero-order chi connectivity index (χ0) is 17.0. The van der Waals surface area contributed by atoms with Crippen molar-refractivity contribution in [1.82, 2.24) is 4.90 Å². The van der Waals surface area contributed by atoms with Gasteiger partial charge in [0.15, 0.2) is 0 Å². The van der Waals surface area contributed by atoms with E-state index in [1.54, 1.807) is 0 Å². The van der Waals surface area contributed by atoms with Crippen molar-refractivity contribution in [2.75, 3.05) is 31.4 Å². The summed E-state index contributed by atoms with van der Waals surface area (Å²) in [6.45, 7) is 5.41. The lowest BCUT2D eigenvalue weighted by molar-refractivity contribution is 0.298. The molecule has 3 heteroatoms. The maximum atomic E-state index is 5.81. The van der Waals surface area contributed by atoms with Gasteiger partial charge >= 0.3 is 0 Å². The van der Waals surface area contributed by atoms with Gasteiger partial charge in [0, 0.05) is 24.8 Å². The average Bonchev–Trinajstić information content (AvgIpc) is 2.55. The second-order valence-corrected chi connectivity index (χ2v) is 7.57. The predicted octanol–water partition coefficient (Wildman–Crippen LogP) is 7.25. The number of unbranched alkanes of at least 4 members (excludes halogenated alkanes) is 13. The third-order valence-corrected chi connectivity index (χ3v) is 4.97. The van der Waals surface area contributed by atoms with E-state index in [-0.39, 0.29) is 0 Å². The summed E-state index contributed by atoms with van der Waals surface area (Å²) in [6.07, 6.45) is 19.9.